The van der Waals surface area contributed by atoms with E-state index in [0.717, 1.165) is 22.2 Å². The predicted molar refractivity (Wildman–Crippen MR) is 64.0 cm³/mol. The van der Waals surface area contributed by atoms with E-state index in [1.54, 1.807) is 25.4 Å². The third-order valence-corrected chi connectivity index (χ3v) is 2.78. The molecule has 0 saturated carbocycles. The number of fused-ring (bicyclic) bond motifs is 1. The zero-order chi connectivity index (χ0) is 11.8. The van der Waals surface area contributed by atoms with Crippen LogP contribution in [0.5, 0.6) is 0 Å². The molecular formula is C13H10FN3. The molecule has 84 valence electrons. The minimum Gasteiger partial charge on any atom is -0.276 e. The summed E-state index contributed by atoms with van der Waals surface area (Å²) in [5.74, 6) is -0.190. The summed E-state index contributed by atoms with van der Waals surface area (Å²) in [5, 5.41) is 6.79. The van der Waals surface area contributed by atoms with Crippen molar-refractivity contribution >= 4 is 11.0 Å². The lowest BCUT2D eigenvalue weighted by molar-refractivity contribution is 0.619. The van der Waals surface area contributed by atoms with E-state index in [9.17, 15) is 4.39 Å². The Morgan fingerprint density at radius 1 is 1.12 bits per heavy atom. The second-order valence-electron chi connectivity index (χ2n) is 3.99. The van der Waals surface area contributed by atoms with Crippen LogP contribution in [-0.2, 0) is 0 Å². The molecule has 0 spiro atoms. The molecule has 0 amide bonds. The van der Waals surface area contributed by atoms with Crippen LogP contribution in [0, 0.1) is 12.7 Å². The van der Waals surface area contributed by atoms with Crippen LogP contribution in [0.15, 0.2) is 36.7 Å². The van der Waals surface area contributed by atoms with Crippen LogP contribution in [0.25, 0.3) is 22.2 Å². The van der Waals surface area contributed by atoms with Gasteiger partial charge < -0.3 is 0 Å². The number of H-pyrrole nitrogens is 1. The number of aryl methyl sites for hydroxylation is 1. The normalized spacial score (nSPS) is 10.9. The quantitative estimate of drug-likeness (QED) is 0.694. The summed E-state index contributed by atoms with van der Waals surface area (Å²) in [4.78, 5) is 4.28. The van der Waals surface area contributed by atoms with E-state index in [0.29, 0.717) is 5.56 Å². The summed E-state index contributed by atoms with van der Waals surface area (Å²) in [6.45, 7) is 1.75. The first-order valence-corrected chi connectivity index (χ1v) is 5.30. The second-order valence-corrected chi connectivity index (χ2v) is 3.99. The van der Waals surface area contributed by atoms with Crippen LogP contribution in [0.3, 0.4) is 0 Å². The Labute approximate surface area is 97.3 Å². The van der Waals surface area contributed by atoms with Gasteiger partial charge in [0.2, 0.25) is 0 Å². The maximum atomic E-state index is 13.2. The van der Waals surface area contributed by atoms with Crippen LogP contribution in [0.1, 0.15) is 5.56 Å². The molecule has 1 aromatic carbocycles. The molecule has 17 heavy (non-hydrogen) atoms. The van der Waals surface area contributed by atoms with Gasteiger partial charge >= 0.3 is 0 Å². The van der Waals surface area contributed by atoms with Crippen LogP contribution in [0.2, 0.25) is 0 Å². The smallest absolute Gasteiger partial charge is 0.126 e. The number of halogens is 1. The van der Waals surface area contributed by atoms with E-state index >= 15 is 0 Å². The van der Waals surface area contributed by atoms with Crippen molar-refractivity contribution in [1.29, 1.82) is 0 Å². The van der Waals surface area contributed by atoms with Gasteiger partial charge in [0.25, 0.3) is 0 Å². The Balaban J connectivity index is 2.16. The molecule has 0 aliphatic rings. The molecule has 3 rings (SSSR count). The first-order chi connectivity index (χ1) is 8.24. The van der Waals surface area contributed by atoms with Crippen molar-refractivity contribution < 1.29 is 4.39 Å². The number of nitrogens with zero attached hydrogens (tertiary/aromatic N) is 2. The Bertz CT molecular complexity index is 688. The third kappa shape index (κ3) is 1.67. The summed E-state index contributed by atoms with van der Waals surface area (Å²) >= 11 is 0. The van der Waals surface area contributed by atoms with Crippen LogP contribution >= 0.6 is 0 Å². The topological polar surface area (TPSA) is 41.6 Å². The van der Waals surface area contributed by atoms with Gasteiger partial charge in [-0.2, -0.15) is 5.10 Å². The average molecular weight is 227 g/mol. The molecule has 0 saturated heterocycles. The molecule has 3 aromatic rings. The van der Waals surface area contributed by atoms with Gasteiger partial charge in [-0.1, -0.05) is 6.07 Å². The fraction of sp³-hybridized carbons (Fsp3) is 0.0769. The molecule has 0 radical (unpaired) electrons. The van der Waals surface area contributed by atoms with Crippen molar-refractivity contribution in [3.63, 3.8) is 0 Å². The molecule has 0 atom stereocenters. The molecule has 3 nitrogen and oxygen atoms in total. The summed E-state index contributed by atoms with van der Waals surface area (Å²) in [5.41, 5.74) is 4.24. The first-order valence-electron chi connectivity index (χ1n) is 5.30. The van der Waals surface area contributed by atoms with Crippen molar-refractivity contribution in [2.75, 3.05) is 0 Å². The van der Waals surface area contributed by atoms with Crippen LogP contribution in [-0.4, -0.2) is 15.2 Å². The van der Waals surface area contributed by atoms with E-state index < -0.39 is 0 Å². The van der Waals surface area contributed by atoms with Gasteiger partial charge in [0.15, 0.2) is 0 Å². The molecule has 2 heterocycles. The van der Waals surface area contributed by atoms with E-state index in [1.807, 2.05) is 12.1 Å². The van der Waals surface area contributed by atoms with Gasteiger partial charge in [-0.25, -0.2) is 4.39 Å². The largest absolute Gasteiger partial charge is 0.276 e. The molecule has 0 aliphatic heterocycles. The maximum Gasteiger partial charge on any atom is 0.126 e. The third-order valence-electron chi connectivity index (χ3n) is 2.78. The molecule has 4 heteroatoms. The Morgan fingerprint density at radius 3 is 2.82 bits per heavy atom. The van der Waals surface area contributed by atoms with E-state index in [2.05, 4.69) is 15.2 Å². The van der Waals surface area contributed by atoms with Gasteiger partial charge in [-0.15, -0.1) is 0 Å². The van der Waals surface area contributed by atoms with Crippen LogP contribution < -0.4 is 0 Å². The highest BCUT2D eigenvalue weighted by atomic mass is 19.1. The lowest BCUT2D eigenvalue weighted by Crippen LogP contribution is -1.85. The minimum atomic E-state index is -0.190. The number of aromatic amines is 1. The van der Waals surface area contributed by atoms with Gasteiger partial charge in [0.1, 0.15) is 11.3 Å². The molecule has 1 N–H and O–H groups in total. The van der Waals surface area contributed by atoms with Crippen molar-refractivity contribution in [2.45, 2.75) is 6.92 Å². The predicted octanol–water partition coefficient (Wildman–Crippen LogP) is 3.07. The molecule has 0 aliphatic carbocycles. The lowest BCUT2D eigenvalue weighted by Gasteiger charge is -2.03. The monoisotopic (exact) mass is 227 g/mol. The highest BCUT2D eigenvalue weighted by Gasteiger charge is 2.04. The fourth-order valence-electron chi connectivity index (χ4n) is 1.81. The van der Waals surface area contributed by atoms with Crippen LogP contribution in [0.4, 0.5) is 4.39 Å². The Hall–Kier alpha value is -2.23. The van der Waals surface area contributed by atoms with Crippen molar-refractivity contribution in [3.8, 4) is 11.1 Å². The number of hydrogen-bond acceptors (Lipinski definition) is 2. The van der Waals surface area contributed by atoms with Gasteiger partial charge in [0.05, 0.1) is 11.7 Å². The first kappa shape index (κ1) is 9.96. The number of nitrogens with one attached hydrogen (secondary N) is 1. The number of benzene rings is 1. The van der Waals surface area contributed by atoms with Gasteiger partial charge in [-0.3, -0.25) is 10.1 Å². The van der Waals surface area contributed by atoms with Crippen molar-refractivity contribution in [1.82, 2.24) is 15.2 Å². The van der Waals surface area contributed by atoms with Crippen molar-refractivity contribution in [2.24, 2.45) is 0 Å². The molecule has 0 unspecified atom stereocenters. The standard InChI is InChI=1S/C13H10FN3/c1-8-4-9(2-3-11(8)14)10-5-12-13(15-6-10)7-16-17-12/h2-7H,1H3,(H,16,17). The fourth-order valence-corrected chi connectivity index (χ4v) is 1.81. The zero-order valence-electron chi connectivity index (χ0n) is 9.24. The van der Waals surface area contributed by atoms with Crippen molar-refractivity contribution in [3.05, 3.63) is 48.0 Å². The lowest BCUT2D eigenvalue weighted by atomic mass is 10.0. The number of hydrogen-bond donors (Lipinski definition) is 1. The SMILES string of the molecule is Cc1cc(-c2cnc3cn[nH]c3c2)ccc1F. The van der Waals surface area contributed by atoms with Gasteiger partial charge in [0, 0.05) is 11.8 Å². The molecule has 2 aromatic heterocycles. The number of rotatable bonds is 1. The van der Waals surface area contributed by atoms with Gasteiger partial charge in [-0.05, 0) is 36.2 Å². The number of pyridine rings is 1. The highest BCUT2D eigenvalue weighted by molar-refractivity contribution is 5.79. The molecule has 0 fully saturated rings. The minimum absolute atomic E-state index is 0.190. The maximum absolute atomic E-state index is 13.2. The van der Waals surface area contributed by atoms with E-state index in [-0.39, 0.29) is 5.82 Å². The Kier molecular flexibility index (Phi) is 2.14. The molecular weight excluding hydrogens is 217 g/mol. The average Bonchev–Trinajstić information content (AvgIpc) is 2.79. The molecule has 0 bridgehead atoms. The number of aromatic nitrogens is 3. The highest BCUT2D eigenvalue weighted by Crippen LogP contribution is 2.23. The zero-order valence-corrected chi connectivity index (χ0v) is 9.24. The van der Waals surface area contributed by atoms with E-state index in [1.165, 1.54) is 6.07 Å². The summed E-state index contributed by atoms with van der Waals surface area (Å²) < 4.78 is 13.2. The summed E-state index contributed by atoms with van der Waals surface area (Å²) in [6.07, 6.45) is 3.44. The Morgan fingerprint density at radius 2 is 2.00 bits per heavy atom. The summed E-state index contributed by atoms with van der Waals surface area (Å²) in [6, 6.07) is 7.00. The second kappa shape index (κ2) is 3.66. The van der Waals surface area contributed by atoms with E-state index in [4.69, 9.17) is 0 Å². The summed E-state index contributed by atoms with van der Waals surface area (Å²) in [7, 11) is 0.